The van der Waals surface area contributed by atoms with Crippen LogP contribution in [0.15, 0.2) is 18.2 Å². The number of rotatable bonds is 7. The van der Waals surface area contributed by atoms with Gasteiger partial charge in [-0.15, -0.1) is 24.8 Å². The van der Waals surface area contributed by atoms with Gasteiger partial charge in [-0.25, -0.2) is 0 Å². The lowest BCUT2D eigenvalue weighted by Crippen LogP contribution is -2.28. The summed E-state index contributed by atoms with van der Waals surface area (Å²) in [5.41, 5.74) is 1.18. The van der Waals surface area contributed by atoms with Crippen molar-refractivity contribution in [2.45, 2.75) is 6.54 Å². The van der Waals surface area contributed by atoms with E-state index < -0.39 is 0 Å². The van der Waals surface area contributed by atoms with E-state index in [1.807, 2.05) is 18.2 Å². The zero-order valence-electron chi connectivity index (χ0n) is 10.6. The summed E-state index contributed by atoms with van der Waals surface area (Å²) < 4.78 is 10.6. The third-order valence-electron chi connectivity index (χ3n) is 2.53. The van der Waals surface area contributed by atoms with E-state index in [-0.39, 0.29) is 31.4 Å². The Labute approximate surface area is 125 Å². The molecular formula is C12H20Cl2N2O3. The maximum atomic E-state index is 8.58. The molecule has 19 heavy (non-hydrogen) atoms. The predicted octanol–water partition coefficient (Wildman–Crippen LogP) is 0.930. The molecule has 1 aromatic carbocycles. The summed E-state index contributed by atoms with van der Waals surface area (Å²) in [5.74, 6) is 1.64. The quantitative estimate of drug-likeness (QED) is 0.654. The van der Waals surface area contributed by atoms with Crippen LogP contribution in [-0.4, -0.2) is 38.1 Å². The lowest BCUT2D eigenvalue weighted by molar-refractivity contribution is 0.174. The van der Waals surface area contributed by atoms with E-state index in [1.165, 1.54) is 5.56 Å². The molecule has 0 saturated heterocycles. The van der Waals surface area contributed by atoms with Crippen molar-refractivity contribution in [3.63, 3.8) is 0 Å². The fraction of sp³-hybridized carbons (Fsp3) is 0.500. The van der Waals surface area contributed by atoms with Gasteiger partial charge in [0.25, 0.3) is 0 Å². The van der Waals surface area contributed by atoms with Crippen LogP contribution >= 0.6 is 24.8 Å². The van der Waals surface area contributed by atoms with Crippen LogP contribution in [0.2, 0.25) is 0 Å². The first kappa shape index (κ1) is 18.3. The normalized spacial score (nSPS) is 11.6. The van der Waals surface area contributed by atoms with Gasteiger partial charge in [0, 0.05) is 26.2 Å². The minimum absolute atomic E-state index is 0. The van der Waals surface area contributed by atoms with Crippen molar-refractivity contribution in [3.05, 3.63) is 23.8 Å². The Balaban J connectivity index is 0.00000162. The Bertz CT molecular complexity index is 367. The van der Waals surface area contributed by atoms with Crippen LogP contribution in [0.25, 0.3) is 0 Å². The number of aliphatic hydroxyl groups excluding tert-OH is 1. The second-order valence-electron chi connectivity index (χ2n) is 3.84. The number of ether oxygens (including phenoxy) is 2. The van der Waals surface area contributed by atoms with E-state index >= 15 is 0 Å². The van der Waals surface area contributed by atoms with Crippen molar-refractivity contribution in [2.24, 2.45) is 0 Å². The number of aliphatic hydroxyl groups is 1. The standard InChI is InChI=1S/C12H18N2O3.2ClH/c15-6-5-13-3-4-14-8-10-1-2-11-12(7-10)17-9-16-11;;/h1-2,7,13-15H,3-6,8-9H2;2*1H. The number of hydrogen-bond donors (Lipinski definition) is 3. The zero-order valence-corrected chi connectivity index (χ0v) is 12.2. The van der Waals surface area contributed by atoms with Crippen molar-refractivity contribution in [1.82, 2.24) is 10.6 Å². The van der Waals surface area contributed by atoms with Crippen LogP contribution in [0.5, 0.6) is 11.5 Å². The summed E-state index contributed by atoms with van der Waals surface area (Å²) in [6.07, 6.45) is 0. The van der Waals surface area contributed by atoms with Gasteiger partial charge in [-0.2, -0.15) is 0 Å². The van der Waals surface area contributed by atoms with Gasteiger partial charge in [-0.1, -0.05) is 6.07 Å². The Kier molecular flexibility index (Phi) is 9.73. The Hall–Kier alpha value is -0.720. The molecule has 0 saturated carbocycles. The molecule has 0 aliphatic carbocycles. The molecule has 5 nitrogen and oxygen atoms in total. The maximum absolute atomic E-state index is 8.58. The molecule has 0 unspecified atom stereocenters. The number of hydrogen-bond acceptors (Lipinski definition) is 5. The minimum atomic E-state index is 0. The summed E-state index contributed by atoms with van der Waals surface area (Å²) in [4.78, 5) is 0. The number of nitrogens with one attached hydrogen (secondary N) is 2. The molecule has 1 aromatic rings. The van der Waals surface area contributed by atoms with Gasteiger partial charge in [-0.3, -0.25) is 0 Å². The fourth-order valence-electron chi connectivity index (χ4n) is 1.66. The minimum Gasteiger partial charge on any atom is -0.454 e. The van der Waals surface area contributed by atoms with Crippen molar-refractivity contribution in [1.29, 1.82) is 0 Å². The highest BCUT2D eigenvalue weighted by Gasteiger charge is 2.12. The zero-order chi connectivity index (χ0) is 11.9. The lowest BCUT2D eigenvalue weighted by Gasteiger charge is -2.06. The predicted molar refractivity (Wildman–Crippen MR) is 78.7 cm³/mol. The molecule has 1 aliphatic heterocycles. The lowest BCUT2D eigenvalue weighted by atomic mass is 10.2. The van der Waals surface area contributed by atoms with Crippen molar-refractivity contribution < 1.29 is 14.6 Å². The summed E-state index contributed by atoms with van der Waals surface area (Å²) in [7, 11) is 0. The van der Waals surface area contributed by atoms with Crippen LogP contribution < -0.4 is 20.1 Å². The van der Waals surface area contributed by atoms with Crippen LogP contribution in [-0.2, 0) is 6.54 Å². The summed E-state index contributed by atoms with van der Waals surface area (Å²) >= 11 is 0. The Morgan fingerprint density at radius 2 is 1.74 bits per heavy atom. The Morgan fingerprint density at radius 3 is 2.53 bits per heavy atom. The number of halogens is 2. The highest BCUT2D eigenvalue weighted by Crippen LogP contribution is 2.32. The molecule has 1 heterocycles. The molecule has 0 atom stereocenters. The first-order valence-corrected chi connectivity index (χ1v) is 5.81. The monoisotopic (exact) mass is 310 g/mol. The topological polar surface area (TPSA) is 62.8 Å². The van der Waals surface area contributed by atoms with Crippen molar-refractivity contribution in [2.75, 3.05) is 33.0 Å². The molecule has 0 fully saturated rings. The number of fused-ring (bicyclic) bond motifs is 1. The van der Waals surface area contributed by atoms with Crippen LogP contribution in [0, 0.1) is 0 Å². The smallest absolute Gasteiger partial charge is 0.231 e. The molecule has 0 bridgehead atoms. The molecular weight excluding hydrogens is 291 g/mol. The van der Waals surface area contributed by atoms with Gasteiger partial charge in [0.15, 0.2) is 11.5 Å². The molecule has 7 heteroatoms. The summed E-state index contributed by atoms with van der Waals surface area (Å²) in [6.45, 7) is 3.67. The largest absolute Gasteiger partial charge is 0.454 e. The van der Waals surface area contributed by atoms with E-state index in [0.29, 0.717) is 13.3 Å². The van der Waals surface area contributed by atoms with E-state index in [0.717, 1.165) is 31.1 Å². The molecule has 0 aromatic heterocycles. The second kappa shape index (κ2) is 10.1. The third kappa shape index (κ3) is 5.84. The average Bonchev–Trinajstić information content (AvgIpc) is 2.81. The van der Waals surface area contributed by atoms with Gasteiger partial charge >= 0.3 is 0 Å². The number of benzene rings is 1. The van der Waals surface area contributed by atoms with Gasteiger partial charge in [0.2, 0.25) is 6.79 Å². The maximum Gasteiger partial charge on any atom is 0.231 e. The first-order chi connectivity index (χ1) is 8.40. The molecule has 1 aliphatic rings. The second-order valence-corrected chi connectivity index (χ2v) is 3.84. The van der Waals surface area contributed by atoms with E-state index in [4.69, 9.17) is 14.6 Å². The summed E-state index contributed by atoms with van der Waals surface area (Å²) in [5, 5.41) is 15.0. The third-order valence-corrected chi connectivity index (χ3v) is 2.53. The highest BCUT2D eigenvalue weighted by atomic mass is 35.5. The van der Waals surface area contributed by atoms with Crippen molar-refractivity contribution >= 4 is 24.8 Å². The first-order valence-electron chi connectivity index (χ1n) is 5.81. The average molecular weight is 311 g/mol. The highest BCUT2D eigenvalue weighted by molar-refractivity contribution is 5.85. The van der Waals surface area contributed by atoms with Gasteiger partial charge in [0.05, 0.1) is 6.61 Å². The Morgan fingerprint density at radius 1 is 1.00 bits per heavy atom. The van der Waals surface area contributed by atoms with E-state index in [2.05, 4.69) is 10.6 Å². The van der Waals surface area contributed by atoms with E-state index in [9.17, 15) is 0 Å². The van der Waals surface area contributed by atoms with E-state index in [1.54, 1.807) is 0 Å². The SMILES string of the molecule is Cl.Cl.OCCNCCNCc1ccc2c(c1)OCO2. The molecule has 0 spiro atoms. The van der Waals surface area contributed by atoms with Gasteiger partial charge < -0.3 is 25.2 Å². The van der Waals surface area contributed by atoms with Crippen LogP contribution in [0.3, 0.4) is 0 Å². The molecule has 2 rings (SSSR count). The molecule has 110 valence electrons. The molecule has 0 radical (unpaired) electrons. The van der Waals surface area contributed by atoms with Crippen LogP contribution in [0.1, 0.15) is 5.56 Å². The summed E-state index contributed by atoms with van der Waals surface area (Å²) in [6, 6.07) is 5.96. The molecule has 3 N–H and O–H groups in total. The molecule has 0 amide bonds. The van der Waals surface area contributed by atoms with Gasteiger partial charge in [-0.05, 0) is 17.7 Å². The van der Waals surface area contributed by atoms with Crippen LogP contribution in [0.4, 0.5) is 0 Å². The van der Waals surface area contributed by atoms with Crippen molar-refractivity contribution in [3.8, 4) is 11.5 Å². The van der Waals surface area contributed by atoms with Gasteiger partial charge in [0.1, 0.15) is 0 Å². The fourth-order valence-corrected chi connectivity index (χ4v) is 1.66.